The number of piperidine rings is 1. The monoisotopic (exact) mass is 420 g/mol. The molecule has 1 amide bonds. The van der Waals surface area contributed by atoms with Crippen molar-refractivity contribution in [2.24, 2.45) is 13.0 Å². The average Bonchev–Trinajstić information content (AvgIpc) is 3.56. The van der Waals surface area contributed by atoms with E-state index in [1.165, 1.54) is 12.8 Å². The highest BCUT2D eigenvalue weighted by Crippen LogP contribution is 2.34. The fraction of sp³-hybridized carbons (Fsp3) is 0.583. The van der Waals surface area contributed by atoms with Gasteiger partial charge in [0.25, 0.3) is 0 Å². The third-order valence-corrected chi connectivity index (χ3v) is 6.88. The lowest BCUT2D eigenvalue weighted by atomic mass is 9.91. The Morgan fingerprint density at radius 2 is 2.03 bits per heavy atom. The summed E-state index contributed by atoms with van der Waals surface area (Å²) in [5.74, 6) is 1.77. The molecule has 0 bridgehead atoms. The number of carbonyl (C=O) groups excluding carboxylic acids is 1. The molecule has 5 rings (SSSR count). The smallest absolute Gasteiger partial charge is 0.225 e. The molecule has 0 aromatic carbocycles. The van der Waals surface area contributed by atoms with E-state index in [1.807, 2.05) is 24.0 Å². The molecule has 0 saturated carbocycles. The molecule has 2 atom stereocenters. The van der Waals surface area contributed by atoms with Crippen LogP contribution in [0.25, 0.3) is 11.3 Å². The Kier molecular flexibility index (Phi) is 5.74. The Bertz CT molecular complexity index is 961. The van der Waals surface area contributed by atoms with Crippen LogP contribution in [0.4, 0.5) is 5.95 Å². The van der Waals surface area contributed by atoms with E-state index in [-0.39, 0.29) is 11.8 Å². The molecule has 31 heavy (non-hydrogen) atoms. The Labute approximate surface area is 184 Å². The van der Waals surface area contributed by atoms with Crippen LogP contribution in [0.2, 0.25) is 0 Å². The Morgan fingerprint density at radius 3 is 2.84 bits per heavy atom. The molecular formula is C24H32N6O. The van der Waals surface area contributed by atoms with Gasteiger partial charge in [0.15, 0.2) is 0 Å². The average molecular weight is 421 g/mol. The highest BCUT2D eigenvalue weighted by atomic mass is 16.2. The van der Waals surface area contributed by atoms with Crippen LogP contribution in [0.3, 0.4) is 0 Å². The number of aromatic nitrogens is 4. The minimum Gasteiger partial charge on any atom is -0.342 e. The van der Waals surface area contributed by atoms with Crippen molar-refractivity contribution in [3.63, 3.8) is 0 Å². The number of amides is 1. The molecule has 2 aromatic rings. The molecule has 3 aliphatic rings. The summed E-state index contributed by atoms with van der Waals surface area (Å²) in [6.45, 7) is 3.67. The highest BCUT2D eigenvalue weighted by molar-refractivity contribution is 5.77. The van der Waals surface area contributed by atoms with E-state index in [0.29, 0.717) is 12.3 Å². The SMILES string of the molecule is Cn1cc(-c2ccnc(N3CCCC3)n2)c(C2CCCN(C(=O)CC3C=CCC3)C2)n1. The first-order valence-electron chi connectivity index (χ1n) is 11.7. The molecular weight excluding hydrogens is 388 g/mol. The molecule has 0 N–H and O–H groups in total. The lowest BCUT2D eigenvalue weighted by Crippen LogP contribution is -2.39. The third-order valence-electron chi connectivity index (χ3n) is 6.88. The summed E-state index contributed by atoms with van der Waals surface area (Å²) >= 11 is 0. The van der Waals surface area contributed by atoms with Gasteiger partial charge in [-0.1, -0.05) is 12.2 Å². The number of carbonyl (C=O) groups is 1. The van der Waals surface area contributed by atoms with Crippen LogP contribution >= 0.6 is 0 Å². The third kappa shape index (κ3) is 4.36. The van der Waals surface area contributed by atoms with Crippen molar-refractivity contribution in [1.29, 1.82) is 0 Å². The van der Waals surface area contributed by atoms with Crippen LogP contribution in [0, 0.1) is 5.92 Å². The number of aryl methyl sites for hydroxylation is 1. The molecule has 2 aromatic heterocycles. The van der Waals surface area contributed by atoms with Crippen molar-refractivity contribution in [3.8, 4) is 11.3 Å². The summed E-state index contributed by atoms with van der Waals surface area (Å²) in [6.07, 6.45) is 15.7. The van der Waals surface area contributed by atoms with Gasteiger partial charge in [0, 0.05) is 63.5 Å². The topological polar surface area (TPSA) is 67.2 Å². The summed E-state index contributed by atoms with van der Waals surface area (Å²) in [4.78, 5) is 26.6. The Hall–Kier alpha value is -2.70. The fourth-order valence-corrected chi connectivity index (χ4v) is 5.22. The van der Waals surface area contributed by atoms with E-state index in [1.54, 1.807) is 0 Å². The molecule has 4 heterocycles. The molecule has 2 aliphatic heterocycles. The van der Waals surface area contributed by atoms with Crippen LogP contribution in [0.15, 0.2) is 30.6 Å². The molecule has 0 radical (unpaired) electrons. The number of nitrogens with zero attached hydrogens (tertiary/aromatic N) is 6. The van der Waals surface area contributed by atoms with Gasteiger partial charge in [-0.25, -0.2) is 9.97 Å². The van der Waals surface area contributed by atoms with Gasteiger partial charge in [-0.05, 0) is 50.5 Å². The lowest BCUT2D eigenvalue weighted by Gasteiger charge is -2.33. The van der Waals surface area contributed by atoms with E-state index in [4.69, 9.17) is 10.1 Å². The van der Waals surface area contributed by atoms with Crippen molar-refractivity contribution in [1.82, 2.24) is 24.6 Å². The molecule has 2 saturated heterocycles. The fourth-order valence-electron chi connectivity index (χ4n) is 5.22. The van der Waals surface area contributed by atoms with Gasteiger partial charge in [0.05, 0.1) is 11.4 Å². The number of likely N-dealkylation sites (tertiary alicyclic amines) is 1. The second kappa shape index (κ2) is 8.81. The van der Waals surface area contributed by atoms with Gasteiger partial charge < -0.3 is 9.80 Å². The largest absolute Gasteiger partial charge is 0.342 e. The highest BCUT2D eigenvalue weighted by Gasteiger charge is 2.30. The number of allylic oxidation sites excluding steroid dienone is 2. The van der Waals surface area contributed by atoms with Gasteiger partial charge >= 0.3 is 0 Å². The van der Waals surface area contributed by atoms with Crippen LogP contribution in [-0.2, 0) is 11.8 Å². The predicted octanol–water partition coefficient (Wildman–Crippen LogP) is 3.54. The zero-order valence-corrected chi connectivity index (χ0v) is 18.4. The van der Waals surface area contributed by atoms with E-state index < -0.39 is 0 Å². The normalized spacial score (nSPS) is 23.6. The summed E-state index contributed by atoms with van der Waals surface area (Å²) in [5.41, 5.74) is 3.06. The number of hydrogen-bond donors (Lipinski definition) is 0. The molecule has 0 spiro atoms. The van der Waals surface area contributed by atoms with E-state index in [0.717, 1.165) is 74.8 Å². The maximum atomic E-state index is 12.9. The number of anilines is 1. The predicted molar refractivity (Wildman–Crippen MR) is 121 cm³/mol. The van der Waals surface area contributed by atoms with Crippen molar-refractivity contribution in [2.75, 3.05) is 31.1 Å². The lowest BCUT2D eigenvalue weighted by molar-refractivity contribution is -0.133. The van der Waals surface area contributed by atoms with Crippen LogP contribution < -0.4 is 4.90 Å². The maximum Gasteiger partial charge on any atom is 0.225 e. The van der Waals surface area contributed by atoms with Gasteiger partial charge in [0.2, 0.25) is 11.9 Å². The molecule has 164 valence electrons. The maximum absolute atomic E-state index is 12.9. The quantitative estimate of drug-likeness (QED) is 0.692. The molecule has 1 aliphatic carbocycles. The molecule has 7 heteroatoms. The number of rotatable bonds is 5. The second-order valence-electron chi connectivity index (χ2n) is 9.19. The summed E-state index contributed by atoms with van der Waals surface area (Å²) in [7, 11) is 1.97. The number of hydrogen-bond acceptors (Lipinski definition) is 5. The van der Waals surface area contributed by atoms with Crippen molar-refractivity contribution < 1.29 is 4.79 Å². The minimum atomic E-state index is 0.248. The van der Waals surface area contributed by atoms with Crippen LogP contribution in [0.1, 0.15) is 56.6 Å². The zero-order chi connectivity index (χ0) is 21.2. The van der Waals surface area contributed by atoms with Gasteiger partial charge in [-0.15, -0.1) is 0 Å². The second-order valence-corrected chi connectivity index (χ2v) is 9.19. The van der Waals surface area contributed by atoms with Gasteiger partial charge in [-0.2, -0.15) is 5.10 Å². The first-order valence-corrected chi connectivity index (χ1v) is 11.7. The summed E-state index contributed by atoms with van der Waals surface area (Å²) in [6, 6.07) is 1.98. The van der Waals surface area contributed by atoms with E-state index >= 15 is 0 Å². The molecule has 2 fully saturated rings. The van der Waals surface area contributed by atoms with E-state index in [2.05, 4.69) is 33.1 Å². The van der Waals surface area contributed by atoms with Crippen LogP contribution in [-0.4, -0.2) is 56.7 Å². The standard InChI is InChI=1S/C24H32N6O/c1-28-17-20(21-10-11-25-24(26-21)29-12-4-5-13-29)23(27-28)19-9-6-14-30(16-19)22(31)15-18-7-2-3-8-18/h2,7,10-11,17-19H,3-6,8-9,12-16H2,1H3. The Morgan fingerprint density at radius 1 is 1.16 bits per heavy atom. The van der Waals surface area contributed by atoms with Crippen molar-refractivity contribution >= 4 is 11.9 Å². The van der Waals surface area contributed by atoms with Crippen molar-refractivity contribution in [2.45, 2.75) is 50.9 Å². The van der Waals surface area contributed by atoms with Gasteiger partial charge in [0.1, 0.15) is 0 Å². The summed E-state index contributed by atoms with van der Waals surface area (Å²) in [5, 5.41) is 4.83. The molecule has 2 unspecified atom stereocenters. The summed E-state index contributed by atoms with van der Waals surface area (Å²) < 4.78 is 1.88. The van der Waals surface area contributed by atoms with Crippen molar-refractivity contribution in [3.05, 3.63) is 36.3 Å². The Balaban J connectivity index is 1.35. The van der Waals surface area contributed by atoms with E-state index in [9.17, 15) is 4.79 Å². The first-order chi connectivity index (χ1) is 15.2. The zero-order valence-electron chi connectivity index (χ0n) is 18.4. The minimum absolute atomic E-state index is 0.248. The molecule has 7 nitrogen and oxygen atoms in total. The van der Waals surface area contributed by atoms with Crippen LogP contribution in [0.5, 0.6) is 0 Å². The van der Waals surface area contributed by atoms with Gasteiger partial charge in [-0.3, -0.25) is 9.48 Å². The first kappa shape index (κ1) is 20.2.